The van der Waals surface area contributed by atoms with E-state index in [4.69, 9.17) is 5.73 Å². The first-order chi connectivity index (χ1) is 7.47. The molecule has 2 aromatic heterocycles. The summed E-state index contributed by atoms with van der Waals surface area (Å²) in [7, 11) is 0. The van der Waals surface area contributed by atoms with Gasteiger partial charge in [-0.15, -0.1) is 0 Å². The average molecular weight is 216 g/mol. The maximum atomic E-state index is 6.01. The minimum absolute atomic E-state index is 0.520. The van der Waals surface area contributed by atoms with Crippen LogP contribution < -0.4 is 5.73 Å². The zero-order valence-corrected chi connectivity index (χ0v) is 9.78. The Morgan fingerprint density at radius 2 is 2.06 bits per heavy atom. The second-order valence-corrected chi connectivity index (χ2v) is 4.52. The van der Waals surface area contributed by atoms with Gasteiger partial charge in [0.05, 0.1) is 16.9 Å². The van der Waals surface area contributed by atoms with Crippen molar-refractivity contribution in [3.63, 3.8) is 0 Å². The van der Waals surface area contributed by atoms with E-state index in [1.807, 2.05) is 45.2 Å². The van der Waals surface area contributed by atoms with Crippen LogP contribution in [0.2, 0.25) is 0 Å². The van der Waals surface area contributed by atoms with Crippen molar-refractivity contribution in [1.29, 1.82) is 0 Å². The molecule has 0 amide bonds. The van der Waals surface area contributed by atoms with E-state index < -0.39 is 5.54 Å². The number of H-pyrrole nitrogens is 1. The molecule has 0 aromatic carbocycles. The third-order valence-corrected chi connectivity index (χ3v) is 2.30. The van der Waals surface area contributed by atoms with Gasteiger partial charge in [0.25, 0.3) is 0 Å². The highest BCUT2D eigenvalue weighted by atomic mass is 15.0. The van der Waals surface area contributed by atoms with Crippen molar-refractivity contribution in [3.05, 3.63) is 35.9 Å². The second-order valence-electron chi connectivity index (χ2n) is 4.52. The van der Waals surface area contributed by atoms with Crippen LogP contribution in [0.1, 0.15) is 25.4 Å². The van der Waals surface area contributed by atoms with Gasteiger partial charge in [-0.2, -0.15) is 0 Å². The normalized spacial score (nSPS) is 11.8. The summed E-state index contributed by atoms with van der Waals surface area (Å²) < 4.78 is 0. The number of nitrogens with zero attached hydrogens (tertiary/aromatic N) is 2. The summed E-state index contributed by atoms with van der Waals surface area (Å²) in [6, 6.07) is 5.87. The lowest BCUT2D eigenvalue weighted by molar-refractivity contribution is 0.512. The van der Waals surface area contributed by atoms with E-state index in [1.54, 1.807) is 0 Å². The first-order valence-corrected chi connectivity index (χ1v) is 5.25. The van der Waals surface area contributed by atoms with Crippen molar-refractivity contribution < 1.29 is 0 Å². The lowest BCUT2D eigenvalue weighted by Gasteiger charge is -2.17. The summed E-state index contributed by atoms with van der Waals surface area (Å²) in [4.78, 5) is 12.0. The van der Waals surface area contributed by atoms with Crippen LogP contribution in [-0.2, 0) is 5.54 Å². The van der Waals surface area contributed by atoms with Crippen LogP contribution in [-0.4, -0.2) is 15.0 Å². The second kappa shape index (κ2) is 3.72. The molecular formula is C12H16N4. The van der Waals surface area contributed by atoms with Gasteiger partial charge in [-0.25, -0.2) is 9.97 Å². The van der Waals surface area contributed by atoms with Gasteiger partial charge in [-0.3, -0.25) is 0 Å². The van der Waals surface area contributed by atoms with Crippen molar-refractivity contribution in [3.8, 4) is 11.4 Å². The van der Waals surface area contributed by atoms with Gasteiger partial charge in [0.2, 0.25) is 0 Å². The van der Waals surface area contributed by atoms with Crippen LogP contribution in [0.15, 0.2) is 24.4 Å². The summed E-state index contributed by atoms with van der Waals surface area (Å²) in [6.45, 7) is 5.75. The van der Waals surface area contributed by atoms with Gasteiger partial charge in [0.15, 0.2) is 0 Å². The summed E-state index contributed by atoms with van der Waals surface area (Å²) in [5, 5.41) is 0. The van der Waals surface area contributed by atoms with Gasteiger partial charge >= 0.3 is 0 Å². The molecule has 0 aliphatic rings. The number of hydrogen-bond acceptors (Lipinski definition) is 3. The van der Waals surface area contributed by atoms with Crippen LogP contribution in [0.25, 0.3) is 11.4 Å². The minimum Gasteiger partial charge on any atom is -0.360 e. The highest BCUT2D eigenvalue weighted by Crippen LogP contribution is 2.19. The number of aromatic amines is 1. The molecule has 0 fully saturated rings. The van der Waals surface area contributed by atoms with Crippen LogP contribution >= 0.6 is 0 Å². The van der Waals surface area contributed by atoms with E-state index in [2.05, 4.69) is 15.0 Å². The maximum Gasteiger partial charge on any atom is 0.148 e. The lowest BCUT2D eigenvalue weighted by atomic mass is 10.1. The molecule has 0 aliphatic carbocycles. The Labute approximate surface area is 94.9 Å². The number of nitrogens with one attached hydrogen (secondary N) is 1. The topological polar surface area (TPSA) is 67.6 Å². The van der Waals surface area contributed by atoms with Gasteiger partial charge in [-0.05, 0) is 39.0 Å². The predicted octanol–water partition coefficient (Wildman–Crippen LogP) is 1.97. The summed E-state index contributed by atoms with van der Waals surface area (Å²) in [5.41, 5.74) is 8.28. The van der Waals surface area contributed by atoms with E-state index in [1.165, 1.54) is 0 Å². The largest absolute Gasteiger partial charge is 0.360 e. The highest BCUT2D eigenvalue weighted by Gasteiger charge is 2.19. The van der Waals surface area contributed by atoms with E-state index in [0.717, 1.165) is 17.1 Å². The van der Waals surface area contributed by atoms with Gasteiger partial charge in [-0.1, -0.05) is 0 Å². The molecule has 0 radical (unpaired) electrons. The molecule has 2 heterocycles. The fourth-order valence-corrected chi connectivity index (χ4v) is 1.48. The molecule has 16 heavy (non-hydrogen) atoms. The molecule has 0 bridgehead atoms. The van der Waals surface area contributed by atoms with Gasteiger partial charge in [0.1, 0.15) is 5.82 Å². The highest BCUT2D eigenvalue weighted by molar-refractivity contribution is 5.54. The smallest absolute Gasteiger partial charge is 0.148 e. The average Bonchev–Trinajstić information content (AvgIpc) is 2.68. The molecular weight excluding hydrogens is 200 g/mol. The molecule has 0 spiro atoms. The van der Waals surface area contributed by atoms with Crippen LogP contribution in [0.4, 0.5) is 0 Å². The molecule has 0 saturated heterocycles. The Kier molecular flexibility index (Phi) is 2.52. The summed E-state index contributed by atoms with van der Waals surface area (Å²) in [6.07, 6.45) is 1.88. The van der Waals surface area contributed by atoms with Crippen LogP contribution in [0, 0.1) is 6.92 Å². The SMILES string of the molecule is Cc1cc(-c2ccc[nH]2)nc(C(C)(C)N)n1. The molecule has 0 atom stereocenters. The van der Waals surface area contributed by atoms with E-state index in [9.17, 15) is 0 Å². The Morgan fingerprint density at radius 3 is 2.62 bits per heavy atom. The van der Waals surface area contributed by atoms with E-state index >= 15 is 0 Å². The molecule has 4 nitrogen and oxygen atoms in total. The molecule has 4 heteroatoms. The molecule has 0 unspecified atom stereocenters. The van der Waals surface area contributed by atoms with Crippen molar-refractivity contribution >= 4 is 0 Å². The first-order valence-electron chi connectivity index (χ1n) is 5.25. The standard InChI is InChI=1S/C12H16N4/c1-8-7-10(9-5-4-6-14-9)16-11(15-8)12(2,3)13/h4-7,14H,13H2,1-3H3. The predicted molar refractivity (Wildman–Crippen MR) is 63.8 cm³/mol. The van der Waals surface area contributed by atoms with E-state index in [-0.39, 0.29) is 0 Å². The third kappa shape index (κ3) is 2.12. The fourth-order valence-electron chi connectivity index (χ4n) is 1.48. The Bertz CT molecular complexity index is 480. The molecule has 2 aromatic rings. The zero-order valence-electron chi connectivity index (χ0n) is 9.78. The minimum atomic E-state index is -0.520. The maximum absolute atomic E-state index is 6.01. The molecule has 0 saturated carbocycles. The van der Waals surface area contributed by atoms with Crippen LogP contribution in [0.3, 0.4) is 0 Å². The van der Waals surface area contributed by atoms with Gasteiger partial charge in [0, 0.05) is 11.9 Å². The molecule has 2 rings (SSSR count). The van der Waals surface area contributed by atoms with Crippen molar-refractivity contribution in [2.24, 2.45) is 5.73 Å². The molecule has 3 N–H and O–H groups in total. The Balaban J connectivity index is 2.53. The fraction of sp³-hybridized carbons (Fsp3) is 0.333. The number of aromatic nitrogens is 3. The summed E-state index contributed by atoms with van der Waals surface area (Å²) >= 11 is 0. The van der Waals surface area contributed by atoms with Crippen molar-refractivity contribution in [2.45, 2.75) is 26.3 Å². The number of nitrogens with two attached hydrogens (primary N) is 1. The quantitative estimate of drug-likeness (QED) is 0.806. The number of aryl methyl sites for hydroxylation is 1. The zero-order chi connectivity index (χ0) is 11.8. The monoisotopic (exact) mass is 216 g/mol. The van der Waals surface area contributed by atoms with Crippen LogP contribution in [0.5, 0.6) is 0 Å². The van der Waals surface area contributed by atoms with Gasteiger partial charge < -0.3 is 10.7 Å². The Morgan fingerprint density at radius 1 is 1.31 bits per heavy atom. The molecule has 0 aliphatic heterocycles. The third-order valence-electron chi connectivity index (χ3n) is 2.30. The summed E-state index contributed by atoms with van der Waals surface area (Å²) in [5.74, 6) is 0.664. The lowest BCUT2D eigenvalue weighted by Crippen LogP contribution is -2.31. The van der Waals surface area contributed by atoms with Crippen molar-refractivity contribution in [1.82, 2.24) is 15.0 Å². The Hall–Kier alpha value is -1.68. The molecule has 84 valence electrons. The number of rotatable bonds is 2. The first kappa shape index (κ1) is 10.8. The number of hydrogen-bond donors (Lipinski definition) is 2. The van der Waals surface area contributed by atoms with E-state index in [0.29, 0.717) is 5.82 Å². The van der Waals surface area contributed by atoms with Crippen molar-refractivity contribution in [2.75, 3.05) is 0 Å².